The van der Waals surface area contributed by atoms with Gasteiger partial charge in [0.25, 0.3) is 5.91 Å². The van der Waals surface area contributed by atoms with Gasteiger partial charge in [-0.2, -0.15) is 0 Å². The van der Waals surface area contributed by atoms with Crippen LogP contribution in [-0.4, -0.2) is 29.3 Å². The second-order valence-corrected chi connectivity index (χ2v) is 6.18. The van der Waals surface area contributed by atoms with Crippen LogP contribution >= 0.6 is 11.3 Å². The lowest BCUT2D eigenvalue weighted by Gasteiger charge is -2.14. The summed E-state index contributed by atoms with van der Waals surface area (Å²) in [5.74, 6) is 0.935. The van der Waals surface area contributed by atoms with Gasteiger partial charge in [0.05, 0.1) is 7.11 Å². The normalized spacial score (nSPS) is 11.6. The van der Waals surface area contributed by atoms with E-state index in [1.807, 2.05) is 36.4 Å². The van der Waals surface area contributed by atoms with Crippen LogP contribution in [0.3, 0.4) is 0 Å². The maximum Gasteiger partial charge on any atom is 0.266 e. The van der Waals surface area contributed by atoms with Gasteiger partial charge < -0.3 is 9.47 Å². The average molecular weight is 355 g/mol. The monoisotopic (exact) mass is 355 g/mol. The van der Waals surface area contributed by atoms with Crippen LogP contribution in [0.25, 0.3) is 10.6 Å². The third kappa shape index (κ3) is 4.33. The second kappa shape index (κ2) is 7.76. The molecule has 25 heavy (non-hydrogen) atoms. The Morgan fingerprint density at radius 2 is 1.84 bits per heavy atom. The summed E-state index contributed by atoms with van der Waals surface area (Å²) in [4.78, 5) is 12.3. The standard InChI is InChI=1S/C18H17N3O3S/c1-12(24-15-10-6-9-14(11-15)23-2)16(22)19-18-21-20-17(25-18)13-7-4-3-5-8-13/h3-12H,1-2H3,(H,19,21,22). The van der Waals surface area contributed by atoms with Gasteiger partial charge in [-0.1, -0.05) is 47.7 Å². The van der Waals surface area contributed by atoms with E-state index in [1.54, 1.807) is 32.2 Å². The molecule has 3 rings (SSSR count). The smallest absolute Gasteiger partial charge is 0.266 e. The molecule has 0 bridgehead atoms. The summed E-state index contributed by atoms with van der Waals surface area (Å²) in [6.45, 7) is 1.67. The van der Waals surface area contributed by atoms with E-state index in [-0.39, 0.29) is 5.91 Å². The first-order valence-corrected chi connectivity index (χ1v) is 8.48. The number of rotatable bonds is 6. The van der Waals surface area contributed by atoms with Gasteiger partial charge in [0, 0.05) is 11.6 Å². The molecule has 0 aliphatic carbocycles. The number of methoxy groups -OCH3 is 1. The van der Waals surface area contributed by atoms with Crippen molar-refractivity contribution in [1.29, 1.82) is 0 Å². The predicted octanol–water partition coefficient (Wildman–Crippen LogP) is 3.62. The highest BCUT2D eigenvalue weighted by Gasteiger charge is 2.17. The zero-order chi connectivity index (χ0) is 17.6. The van der Waals surface area contributed by atoms with E-state index in [0.29, 0.717) is 16.6 Å². The highest BCUT2D eigenvalue weighted by Crippen LogP contribution is 2.26. The Morgan fingerprint density at radius 1 is 1.08 bits per heavy atom. The van der Waals surface area contributed by atoms with Gasteiger partial charge in [0.15, 0.2) is 6.10 Å². The molecule has 0 saturated carbocycles. The van der Waals surface area contributed by atoms with E-state index in [9.17, 15) is 4.79 Å². The molecule has 1 heterocycles. The van der Waals surface area contributed by atoms with Gasteiger partial charge in [-0.15, -0.1) is 10.2 Å². The molecule has 0 fully saturated rings. The van der Waals surface area contributed by atoms with Crippen LogP contribution in [0.2, 0.25) is 0 Å². The first kappa shape index (κ1) is 16.9. The van der Waals surface area contributed by atoms with E-state index in [2.05, 4.69) is 15.5 Å². The van der Waals surface area contributed by atoms with Crippen molar-refractivity contribution in [3.63, 3.8) is 0 Å². The predicted molar refractivity (Wildman–Crippen MR) is 97.1 cm³/mol. The minimum Gasteiger partial charge on any atom is -0.497 e. The van der Waals surface area contributed by atoms with Crippen LogP contribution in [0.5, 0.6) is 11.5 Å². The van der Waals surface area contributed by atoms with Crippen molar-refractivity contribution >= 4 is 22.4 Å². The molecule has 1 atom stereocenters. The van der Waals surface area contributed by atoms with Crippen molar-refractivity contribution in [3.8, 4) is 22.1 Å². The highest BCUT2D eigenvalue weighted by molar-refractivity contribution is 7.18. The Balaban J connectivity index is 1.62. The lowest BCUT2D eigenvalue weighted by atomic mass is 10.2. The van der Waals surface area contributed by atoms with Crippen molar-refractivity contribution in [2.24, 2.45) is 0 Å². The van der Waals surface area contributed by atoms with Crippen molar-refractivity contribution in [3.05, 3.63) is 54.6 Å². The van der Waals surface area contributed by atoms with Crippen molar-refractivity contribution in [2.75, 3.05) is 12.4 Å². The van der Waals surface area contributed by atoms with Gasteiger partial charge in [0.2, 0.25) is 5.13 Å². The van der Waals surface area contributed by atoms with Crippen LogP contribution in [0, 0.1) is 0 Å². The number of benzene rings is 2. The number of hydrogen-bond acceptors (Lipinski definition) is 6. The minimum atomic E-state index is -0.684. The number of hydrogen-bond donors (Lipinski definition) is 1. The average Bonchev–Trinajstić information content (AvgIpc) is 3.11. The maximum atomic E-state index is 12.3. The SMILES string of the molecule is COc1cccc(OC(C)C(=O)Nc2nnc(-c3ccccc3)s2)c1. The molecule has 1 amide bonds. The first-order chi connectivity index (χ1) is 12.2. The van der Waals surface area contributed by atoms with Crippen LogP contribution in [-0.2, 0) is 4.79 Å². The number of carbonyl (C=O) groups excluding carboxylic acids is 1. The Labute approximate surface area is 149 Å². The number of nitrogens with one attached hydrogen (secondary N) is 1. The summed E-state index contributed by atoms with van der Waals surface area (Å²) in [6.07, 6.45) is -0.684. The number of ether oxygens (including phenoxy) is 2. The van der Waals surface area contributed by atoms with Gasteiger partial charge in [-0.05, 0) is 19.1 Å². The highest BCUT2D eigenvalue weighted by atomic mass is 32.1. The van der Waals surface area contributed by atoms with Crippen LogP contribution in [0.15, 0.2) is 54.6 Å². The van der Waals surface area contributed by atoms with E-state index in [1.165, 1.54) is 11.3 Å². The van der Waals surface area contributed by atoms with Crippen LogP contribution in [0.4, 0.5) is 5.13 Å². The van der Waals surface area contributed by atoms with Crippen molar-refractivity contribution in [2.45, 2.75) is 13.0 Å². The van der Waals surface area contributed by atoms with E-state index in [0.717, 1.165) is 10.6 Å². The Hall–Kier alpha value is -2.93. The molecule has 1 aromatic heterocycles. The van der Waals surface area contributed by atoms with Crippen molar-refractivity contribution in [1.82, 2.24) is 10.2 Å². The molecular formula is C18H17N3O3S. The number of nitrogens with zero attached hydrogens (tertiary/aromatic N) is 2. The molecule has 6 nitrogen and oxygen atoms in total. The van der Waals surface area contributed by atoms with Gasteiger partial charge in [0.1, 0.15) is 16.5 Å². The summed E-state index contributed by atoms with van der Waals surface area (Å²) in [7, 11) is 1.58. The lowest BCUT2D eigenvalue weighted by molar-refractivity contribution is -0.122. The van der Waals surface area contributed by atoms with Gasteiger partial charge in [-0.3, -0.25) is 10.1 Å². The first-order valence-electron chi connectivity index (χ1n) is 7.66. The second-order valence-electron chi connectivity index (χ2n) is 5.21. The summed E-state index contributed by atoms with van der Waals surface area (Å²) in [6, 6.07) is 16.8. The number of aromatic nitrogens is 2. The van der Waals surface area contributed by atoms with Gasteiger partial charge in [-0.25, -0.2) is 0 Å². The Bertz CT molecular complexity index is 852. The molecule has 128 valence electrons. The topological polar surface area (TPSA) is 73.3 Å². The number of amides is 1. The molecule has 1 N–H and O–H groups in total. The summed E-state index contributed by atoms with van der Waals surface area (Å²) >= 11 is 1.31. The maximum absolute atomic E-state index is 12.3. The third-order valence-corrected chi connectivity index (χ3v) is 4.29. The minimum absolute atomic E-state index is 0.293. The lowest BCUT2D eigenvalue weighted by Crippen LogP contribution is -2.30. The molecule has 7 heteroatoms. The van der Waals surface area contributed by atoms with E-state index >= 15 is 0 Å². The Kier molecular flexibility index (Phi) is 5.25. The zero-order valence-electron chi connectivity index (χ0n) is 13.8. The molecule has 0 aliphatic rings. The van der Waals surface area contributed by atoms with Gasteiger partial charge >= 0.3 is 0 Å². The molecule has 0 saturated heterocycles. The number of anilines is 1. The van der Waals surface area contributed by atoms with E-state index in [4.69, 9.17) is 9.47 Å². The van der Waals surface area contributed by atoms with Crippen LogP contribution < -0.4 is 14.8 Å². The summed E-state index contributed by atoms with van der Waals surface area (Å²) in [5.41, 5.74) is 0.959. The molecule has 0 radical (unpaired) electrons. The van der Waals surface area contributed by atoms with Crippen LogP contribution in [0.1, 0.15) is 6.92 Å². The quantitative estimate of drug-likeness (QED) is 0.731. The fourth-order valence-electron chi connectivity index (χ4n) is 2.11. The van der Waals surface area contributed by atoms with Crippen molar-refractivity contribution < 1.29 is 14.3 Å². The molecular weight excluding hydrogens is 338 g/mol. The third-order valence-electron chi connectivity index (χ3n) is 3.40. The summed E-state index contributed by atoms with van der Waals surface area (Å²) in [5, 5.41) is 12.0. The Morgan fingerprint density at radius 3 is 2.60 bits per heavy atom. The molecule has 0 aliphatic heterocycles. The molecule has 0 spiro atoms. The molecule has 3 aromatic rings. The fraction of sp³-hybridized carbons (Fsp3) is 0.167. The zero-order valence-corrected chi connectivity index (χ0v) is 14.6. The largest absolute Gasteiger partial charge is 0.497 e. The van der Waals surface area contributed by atoms with E-state index < -0.39 is 6.10 Å². The fourth-order valence-corrected chi connectivity index (χ4v) is 2.86. The molecule has 1 unspecified atom stereocenters. The molecule has 2 aromatic carbocycles. The summed E-state index contributed by atoms with van der Waals surface area (Å²) < 4.78 is 10.8. The number of carbonyl (C=O) groups is 1.